The monoisotopic (exact) mass is 240 g/mol. The summed E-state index contributed by atoms with van der Waals surface area (Å²) >= 11 is 6.06. The Morgan fingerprint density at radius 3 is 2.94 bits per heavy atom. The summed E-state index contributed by atoms with van der Waals surface area (Å²) in [6.45, 7) is 0. The van der Waals surface area contributed by atoms with Crippen LogP contribution in [0.4, 0.5) is 4.39 Å². The molecular formula is C13H14ClFO. The quantitative estimate of drug-likeness (QED) is 0.710. The molecule has 0 fully saturated rings. The number of rotatable bonds is 2. The van der Waals surface area contributed by atoms with Crippen LogP contribution in [0.1, 0.15) is 24.8 Å². The van der Waals surface area contributed by atoms with E-state index in [0.29, 0.717) is 5.56 Å². The lowest BCUT2D eigenvalue weighted by Gasteiger charge is -2.17. The Morgan fingerprint density at radius 1 is 1.44 bits per heavy atom. The predicted molar refractivity (Wildman–Crippen MR) is 64.4 cm³/mol. The number of hydrogen-bond donors (Lipinski definition) is 0. The molecule has 0 amide bonds. The topological polar surface area (TPSA) is 9.23 Å². The van der Waals surface area contributed by atoms with Crippen molar-refractivity contribution in [3.63, 3.8) is 0 Å². The molecule has 1 unspecified atom stereocenters. The Morgan fingerprint density at radius 2 is 2.25 bits per heavy atom. The van der Waals surface area contributed by atoms with Crippen molar-refractivity contribution in [2.75, 3.05) is 7.11 Å². The molecule has 16 heavy (non-hydrogen) atoms. The molecular weight excluding hydrogens is 227 g/mol. The van der Waals surface area contributed by atoms with E-state index in [1.165, 1.54) is 7.11 Å². The van der Waals surface area contributed by atoms with Gasteiger partial charge in [-0.2, -0.15) is 0 Å². The van der Waals surface area contributed by atoms with Gasteiger partial charge in [-0.05, 0) is 30.9 Å². The Labute approximate surface area is 99.9 Å². The van der Waals surface area contributed by atoms with Crippen molar-refractivity contribution in [2.45, 2.75) is 24.6 Å². The zero-order valence-electron chi connectivity index (χ0n) is 9.17. The first kappa shape index (κ1) is 11.5. The summed E-state index contributed by atoms with van der Waals surface area (Å²) in [6, 6.07) is 5.20. The highest BCUT2D eigenvalue weighted by molar-refractivity contribution is 6.22. The van der Waals surface area contributed by atoms with Crippen molar-refractivity contribution in [3.05, 3.63) is 35.7 Å². The van der Waals surface area contributed by atoms with E-state index in [-0.39, 0.29) is 16.9 Å². The van der Waals surface area contributed by atoms with Gasteiger partial charge in [0.1, 0.15) is 0 Å². The average Bonchev–Trinajstić information content (AvgIpc) is 2.29. The highest BCUT2D eigenvalue weighted by Gasteiger charge is 2.17. The van der Waals surface area contributed by atoms with Gasteiger partial charge in [0, 0.05) is 5.56 Å². The number of benzene rings is 1. The molecule has 1 atom stereocenters. The number of hydrogen-bond acceptors (Lipinski definition) is 1. The first-order valence-corrected chi connectivity index (χ1v) is 5.83. The van der Waals surface area contributed by atoms with Crippen LogP contribution < -0.4 is 4.74 Å². The molecule has 0 bridgehead atoms. The lowest BCUT2D eigenvalue weighted by Crippen LogP contribution is -2.04. The van der Waals surface area contributed by atoms with Gasteiger partial charge in [-0.15, -0.1) is 11.6 Å². The number of methoxy groups -OCH3 is 1. The van der Waals surface area contributed by atoms with E-state index in [2.05, 4.69) is 0 Å². The molecule has 0 aliphatic heterocycles. The van der Waals surface area contributed by atoms with Crippen LogP contribution in [-0.4, -0.2) is 12.5 Å². The molecule has 2 rings (SSSR count). The van der Waals surface area contributed by atoms with Crippen LogP contribution in [-0.2, 0) is 0 Å². The van der Waals surface area contributed by atoms with Crippen molar-refractivity contribution in [2.24, 2.45) is 0 Å². The average molecular weight is 241 g/mol. The molecule has 1 aromatic carbocycles. The molecule has 0 heterocycles. The second-order valence-electron chi connectivity index (χ2n) is 3.92. The Kier molecular flexibility index (Phi) is 3.49. The fourth-order valence-corrected chi connectivity index (χ4v) is 2.32. The van der Waals surface area contributed by atoms with Gasteiger partial charge in [-0.1, -0.05) is 18.2 Å². The second-order valence-corrected chi connectivity index (χ2v) is 4.48. The number of alkyl halides is 1. The van der Waals surface area contributed by atoms with Gasteiger partial charge in [0.2, 0.25) is 0 Å². The second kappa shape index (κ2) is 4.88. The fraction of sp³-hybridized carbons (Fsp3) is 0.385. The lowest BCUT2D eigenvalue weighted by atomic mass is 9.93. The number of allylic oxidation sites excluding steroid dienone is 2. The zero-order valence-corrected chi connectivity index (χ0v) is 9.93. The van der Waals surface area contributed by atoms with Gasteiger partial charge in [-0.3, -0.25) is 0 Å². The fourth-order valence-electron chi connectivity index (χ4n) is 2.01. The Balaban J connectivity index is 2.40. The van der Waals surface area contributed by atoms with Crippen molar-refractivity contribution >= 4 is 17.2 Å². The Hall–Kier alpha value is -1.02. The number of ether oxygens (including phenoxy) is 1. The van der Waals surface area contributed by atoms with Gasteiger partial charge in [-0.25, -0.2) is 4.39 Å². The van der Waals surface area contributed by atoms with Crippen LogP contribution in [0.25, 0.3) is 5.57 Å². The van der Waals surface area contributed by atoms with E-state index >= 15 is 0 Å². The minimum absolute atomic E-state index is 0.0225. The van der Waals surface area contributed by atoms with Crippen LogP contribution in [0.2, 0.25) is 0 Å². The predicted octanol–water partition coefficient (Wildman–Crippen LogP) is 4.01. The summed E-state index contributed by atoms with van der Waals surface area (Å²) < 4.78 is 18.9. The third kappa shape index (κ3) is 2.22. The lowest BCUT2D eigenvalue weighted by molar-refractivity contribution is 0.386. The highest BCUT2D eigenvalue weighted by atomic mass is 35.5. The van der Waals surface area contributed by atoms with E-state index in [4.69, 9.17) is 16.3 Å². The first-order valence-electron chi connectivity index (χ1n) is 5.40. The smallest absolute Gasteiger partial charge is 0.172 e. The molecule has 0 saturated heterocycles. The maximum Gasteiger partial charge on any atom is 0.172 e. The molecule has 0 spiro atoms. The largest absolute Gasteiger partial charge is 0.494 e. The standard InChI is InChI=1S/C13H14ClFO/c1-16-12-7-3-6-11(13(12)15)9-4-2-5-10(14)8-9/h3,6-8,10H,2,4-5H2,1H3. The van der Waals surface area contributed by atoms with E-state index in [9.17, 15) is 4.39 Å². The summed E-state index contributed by atoms with van der Waals surface area (Å²) in [6.07, 6.45) is 4.81. The minimum atomic E-state index is -0.290. The number of halogens is 2. The minimum Gasteiger partial charge on any atom is -0.494 e. The SMILES string of the molecule is COc1cccc(C2=CC(Cl)CCC2)c1F. The van der Waals surface area contributed by atoms with Crippen LogP contribution >= 0.6 is 11.6 Å². The van der Waals surface area contributed by atoms with E-state index in [1.54, 1.807) is 18.2 Å². The van der Waals surface area contributed by atoms with Crippen molar-refractivity contribution in [1.29, 1.82) is 0 Å². The van der Waals surface area contributed by atoms with Crippen molar-refractivity contribution in [1.82, 2.24) is 0 Å². The van der Waals surface area contributed by atoms with Crippen molar-refractivity contribution in [3.8, 4) is 5.75 Å². The molecule has 1 aliphatic rings. The summed E-state index contributed by atoms with van der Waals surface area (Å²) in [5, 5.41) is 0.0225. The zero-order chi connectivity index (χ0) is 11.5. The maximum atomic E-state index is 14.0. The molecule has 86 valence electrons. The van der Waals surface area contributed by atoms with Gasteiger partial charge in [0.15, 0.2) is 11.6 Å². The first-order chi connectivity index (χ1) is 7.72. The third-order valence-corrected chi connectivity index (χ3v) is 3.18. The maximum absolute atomic E-state index is 14.0. The van der Waals surface area contributed by atoms with Crippen molar-refractivity contribution < 1.29 is 9.13 Å². The normalized spacial score (nSPS) is 20.4. The van der Waals surface area contributed by atoms with Crippen LogP contribution in [0.15, 0.2) is 24.3 Å². The van der Waals surface area contributed by atoms with Gasteiger partial charge < -0.3 is 4.74 Å². The highest BCUT2D eigenvalue weighted by Crippen LogP contribution is 2.33. The van der Waals surface area contributed by atoms with E-state index in [0.717, 1.165) is 24.8 Å². The van der Waals surface area contributed by atoms with E-state index < -0.39 is 0 Å². The van der Waals surface area contributed by atoms with Gasteiger partial charge in [0.25, 0.3) is 0 Å². The molecule has 1 nitrogen and oxygen atoms in total. The Bertz CT molecular complexity index is 414. The third-order valence-electron chi connectivity index (χ3n) is 2.84. The molecule has 1 aliphatic carbocycles. The summed E-state index contributed by atoms with van der Waals surface area (Å²) in [5.41, 5.74) is 1.60. The summed E-state index contributed by atoms with van der Waals surface area (Å²) in [4.78, 5) is 0. The van der Waals surface area contributed by atoms with Gasteiger partial charge in [0.05, 0.1) is 12.5 Å². The molecule has 0 aromatic heterocycles. The molecule has 0 N–H and O–H groups in total. The molecule has 1 aromatic rings. The molecule has 0 radical (unpaired) electrons. The van der Waals surface area contributed by atoms with E-state index in [1.807, 2.05) is 6.08 Å². The molecule has 0 saturated carbocycles. The summed E-state index contributed by atoms with van der Waals surface area (Å²) in [5.74, 6) is -0.00267. The van der Waals surface area contributed by atoms with Gasteiger partial charge >= 0.3 is 0 Å². The van der Waals surface area contributed by atoms with Crippen LogP contribution in [0.5, 0.6) is 5.75 Å². The summed E-state index contributed by atoms with van der Waals surface area (Å²) in [7, 11) is 1.47. The molecule has 3 heteroatoms. The van der Waals surface area contributed by atoms with Crippen LogP contribution in [0.3, 0.4) is 0 Å². The van der Waals surface area contributed by atoms with Crippen LogP contribution in [0, 0.1) is 5.82 Å².